The number of rotatable bonds is 1. The zero-order chi connectivity index (χ0) is 11.7. The lowest BCUT2D eigenvalue weighted by Gasteiger charge is -2.18. The Balaban J connectivity index is 1.91. The van der Waals surface area contributed by atoms with Crippen LogP contribution in [0.2, 0.25) is 0 Å². The topological polar surface area (TPSA) is 29.3 Å². The fraction of sp³-hybridized carbons (Fsp3) is 0.500. The molecule has 90 valence electrons. The Hall–Kier alpha value is -1.35. The first kappa shape index (κ1) is 10.8. The third-order valence-electron chi connectivity index (χ3n) is 3.83. The molecule has 0 saturated carbocycles. The highest BCUT2D eigenvalue weighted by molar-refractivity contribution is 5.99. The molecule has 2 aliphatic heterocycles. The number of nitrogens with zero attached hydrogens (tertiary/aromatic N) is 2. The van der Waals surface area contributed by atoms with Gasteiger partial charge in [0.25, 0.3) is 0 Å². The van der Waals surface area contributed by atoms with Gasteiger partial charge in [-0.05, 0) is 25.0 Å². The molecule has 2 aliphatic rings. The monoisotopic (exact) mass is 230 g/mol. The van der Waals surface area contributed by atoms with Gasteiger partial charge in [0.15, 0.2) is 0 Å². The summed E-state index contributed by atoms with van der Waals surface area (Å²) in [5.74, 6) is 0. The highest BCUT2D eigenvalue weighted by Crippen LogP contribution is 2.23. The molecule has 1 saturated heterocycles. The molecule has 1 atom stereocenters. The summed E-state index contributed by atoms with van der Waals surface area (Å²) >= 11 is 0. The van der Waals surface area contributed by atoms with Crippen molar-refractivity contribution in [3.63, 3.8) is 0 Å². The maximum atomic E-state index is 12.3. The van der Waals surface area contributed by atoms with Gasteiger partial charge in [0, 0.05) is 18.5 Å². The zero-order valence-corrected chi connectivity index (χ0v) is 10.0. The standard InChI is InChI=1S/C14H18N2O/c17-16-13(12-7-3-1-4-8-12)11-15-10-6-2-5-9-14(15)16/h1,3-4,7-8,14H,2,5-6,9-11H2. The van der Waals surface area contributed by atoms with Crippen LogP contribution in [0.25, 0.3) is 0 Å². The normalized spacial score (nSPS) is 25.8. The first-order chi connectivity index (χ1) is 8.36. The van der Waals surface area contributed by atoms with Gasteiger partial charge < -0.3 is 5.21 Å². The molecule has 0 bridgehead atoms. The molecule has 0 radical (unpaired) electrons. The molecule has 3 heteroatoms. The number of fused-ring (bicyclic) bond motifs is 1. The van der Waals surface area contributed by atoms with E-state index in [0.29, 0.717) is 0 Å². The van der Waals surface area contributed by atoms with E-state index in [-0.39, 0.29) is 6.17 Å². The average molecular weight is 230 g/mol. The van der Waals surface area contributed by atoms with Crippen LogP contribution < -0.4 is 0 Å². The van der Waals surface area contributed by atoms with Crippen molar-refractivity contribution < 1.29 is 4.74 Å². The summed E-state index contributed by atoms with van der Waals surface area (Å²) < 4.78 is 1.25. The minimum absolute atomic E-state index is 0.0905. The van der Waals surface area contributed by atoms with E-state index >= 15 is 0 Å². The largest absolute Gasteiger partial charge is 0.622 e. The maximum absolute atomic E-state index is 12.3. The lowest BCUT2D eigenvalue weighted by Crippen LogP contribution is -2.34. The third-order valence-corrected chi connectivity index (χ3v) is 3.83. The summed E-state index contributed by atoms with van der Waals surface area (Å²) in [6.07, 6.45) is 4.78. The molecule has 1 unspecified atom stereocenters. The van der Waals surface area contributed by atoms with Crippen molar-refractivity contribution in [1.82, 2.24) is 4.90 Å². The van der Waals surface area contributed by atoms with Crippen LogP contribution in [0.1, 0.15) is 31.2 Å². The quantitative estimate of drug-likeness (QED) is 0.547. The molecule has 0 N–H and O–H groups in total. The number of hydroxylamine groups is 1. The van der Waals surface area contributed by atoms with Crippen LogP contribution in [0.15, 0.2) is 30.3 Å². The van der Waals surface area contributed by atoms with Gasteiger partial charge in [-0.3, -0.25) is 0 Å². The van der Waals surface area contributed by atoms with Gasteiger partial charge in [-0.25, -0.2) is 4.90 Å². The molecule has 3 nitrogen and oxygen atoms in total. The van der Waals surface area contributed by atoms with E-state index in [9.17, 15) is 5.21 Å². The van der Waals surface area contributed by atoms with Gasteiger partial charge in [0.05, 0.1) is 6.54 Å². The fourth-order valence-electron chi connectivity index (χ4n) is 2.89. The first-order valence-corrected chi connectivity index (χ1v) is 6.48. The Morgan fingerprint density at radius 1 is 1.12 bits per heavy atom. The van der Waals surface area contributed by atoms with E-state index in [1.165, 1.54) is 24.0 Å². The Labute approximate surface area is 102 Å². The minimum Gasteiger partial charge on any atom is -0.622 e. The molecular formula is C14H18N2O. The van der Waals surface area contributed by atoms with E-state index in [1.54, 1.807) is 0 Å². The average Bonchev–Trinajstić information content (AvgIpc) is 2.56. The van der Waals surface area contributed by atoms with E-state index in [0.717, 1.165) is 30.8 Å². The van der Waals surface area contributed by atoms with E-state index < -0.39 is 0 Å². The lowest BCUT2D eigenvalue weighted by atomic mass is 10.1. The van der Waals surface area contributed by atoms with Crippen LogP contribution >= 0.6 is 0 Å². The highest BCUT2D eigenvalue weighted by Gasteiger charge is 2.37. The second-order valence-electron chi connectivity index (χ2n) is 4.94. The maximum Gasteiger partial charge on any atom is 0.220 e. The van der Waals surface area contributed by atoms with Crippen LogP contribution in [0.3, 0.4) is 0 Å². The van der Waals surface area contributed by atoms with Gasteiger partial charge in [-0.2, -0.15) is 4.74 Å². The fourth-order valence-corrected chi connectivity index (χ4v) is 2.89. The van der Waals surface area contributed by atoms with Crippen LogP contribution in [0, 0.1) is 5.21 Å². The van der Waals surface area contributed by atoms with Crippen molar-refractivity contribution in [1.29, 1.82) is 0 Å². The van der Waals surface area contributed by atoms with Crippen LogP contribution in [0.4, 0.5) is 0 Å². The summed E-state index contributed by atoms with van der Waals surface area (Å²) in [5.41, 5.74) is 2.02. The lowest BCUT2D eigenvalue weighted by molar-refractivity contribution is -0.515. The number of hydrogen-bond donors (Lipinski definition) is 0. The molecular weight excluding hydrogens is 212 g/mol. The number of hydrogen-bond acceptors (Lipinski definition) is 2. The van der Waals surface area contributed by atoms with Gasteiger partial charge >= 0.3 is 0 Å². The zero-order valence-electron chi connectivity index (χ0n) is 10.0. The molecule has 0 amide bonds. The Kier molecular flexibility index (Phi) is 2.85. The van der Waals surface area contributed by atoms with Crippen molar-refractivity contribution in [3.05, 3.63) is 41.1 Å². The summed E-state index contributed by atoms with van der Waals surface area (Å²) in [4.78, 5) is 2.34. The van der Waals surface area contributed by atoms with Gasteiger partial charge in [-0.15, -0.1) is 0 Å². The molecule has 1 fully saturated rings. The first-order valence-electron chi connectivity index (χ1n) is 6.48. The molecule has 0 spiro atoms. The molecule has 17 heavy (non-hydrogen) atoms. The summed E-state index contributed by atoms with van der Waals surface area (Å²) in [6.45, 7) is 1.89. The minimum atomic E-state index is 0.0905. The summed E-state index contributed by atoms with van der Waals surface area (Å²) in [6, 6.07) is 10.1. The van der Waals surface area contributed by atoms with E-state index in [4.69, 9.17) is 0 Å². The van der Waals surface area contributed by atoms with Crippen LogP contribution in [0.5, 0.6) is 0 Å². The molecule has 2 heterocycles. The second-order valence-corrected chi connectivity index (χ2v) is 4.94. The summed E-state index contributed by atoms with van der Waals surface area (Å²) in [5, 5.41) is 12.3. The second kappa shape index (κ2) is 4.49. The third kappa shape index (κ3) is 1.95. The SMILES string of the molecule is [O-][N+]1=C(c2ccccc2)CN2CCCCCC21. The van der Waals surface area contributed by atoms with E-state index in [2.05, 4.69) is 4.90 Å². The molecule has 0 aromatic heterocycles. The highest BCUT2D eigenvalue weighted by atomic mass is 16.5. The Morgan fingerprint density at radius 2 is 1.94 bits per heavy atom. The molecule has 1 aromatic carbocycles. The van der Waals surface area contributed by atoms with Crippen molar-refractivity contribution in [3.8, 4) is 0 Å². The molecule has 0 aliphatic carbocycles. The smallest absolute Gasteiger partial charge is 0.220 e. The predicted molar refractivity (Wildman–Crippen MR) is 68.0 cm³/mol. The number of benzene rings is 1. The molecule has 3 rings (SSSR count). The van der Waals surface area contributed by atoms with Gasteiger partial charge in [0.2, 0.25) is 11.9 Å². The molecule has 1 aromatic rings. The van der Waals surface area contributed by atoms with E-state index in [1.807, 2.05) is 30.3 Å². The predicted octanol–water partition coefficient (Wildman–Crippen LogP) is 2.20. The van der Waals surface area contributed by atoms with Gasteiger partial charge in [-0.1, -0.05) is 24.6 Å². The van der Waals surface area contributed by atoms with Gasteiger partial charge in [0.1, 0.15) is 0 Å². The van der Waals surface area contributed by atoms with Crippen molar-refractivity contribution in [2.75, 3.05) is 13.1 Å². The van der Waals surface area contributed by atoms with Crippen molar-refractivity contribution >= 4 is 5.71 Å². The summed E-state index contributed by atoms with van der Waals surface area (Å²) in [7, 11) is 0. The van der Waals surface area contributed by atoms with Crippen molar-refractivity contribution in [2.24, 2.45) is 0 Å². The van der Waals surface area contributed by atoms with Crippen molar-refractivity contribution in [2.45, 2.75) is 31.8 Å². The Morgan fingerprint density at radius 3 is 2.76 bits per heavy atom. The van der Waals surface area contributed by atoms with Crippen LogP contribution in [-0.4, -0.2) is 34.6 Å². The Bertz CT molecular complexity index is 427. The van der Waals surface area contributed by atoms with Crippen LogP contribution in [-0.2, 0) is 0 Å².